The number of likely N-dealkylation sites (N-methyl/N-ethyl adjacent to an activating group) is 1. The van der Waals surface area contributed by atoms with E-state index in [1.807, 2.05) is 50.2 Å². The molecule has 3 nitrogen and oxygen atoms in total. The molecule has 0 aliphatic heterocycles. The minimum absolute atomic E-state index is 0.0758. The van der Waals surface area contributed by atoms with E-state index >= 15 is 0 Å². The van der Waals surface area contributed by atoms with Crippen molar-refractivity contribution in [2.75, 3.05) is 20.6 Å². The highest BCUT2D eigenvalue weighted by Gasteiger charge is 2.19. The first-order chi connectivity index (χ1) is 11.9. The standard InChI is InChI=1S/C19H22ClFN2OS/c1-13(25-18-10-5-4-9-16(18)20)19(24)22-12-17(23(2)3)14-7-6-8-15(21)11-14/h4-11,13,17H,12H2,1-3H3,(H,22,24). The van der Waals surface area contributed by atoms with E-state index in [9.17, 15) is 9.18 Å². The zero-order valence-corrected chi connectivity index (χ0v) is 16.1. The molecule has 2 atom stereocenters. The van der Waals surface area contributed by atoms with Gasteiger partial charge in [0.05, 0.1) is 16.3 Å². The van der Waals surface area contributed by atoms with Gasteiger partial charge in [-0.1, -0.05) is 35.9 Å². The molecule has 1 N–H and O–H groups in total. The number of carbonyl (C=O) groups excluding carboxylic acids is 1. The number of nitrogens with zero attached hydrogens (tertiary/aromatic N) is 1. The van der Waals surface area contributed by atoms with Gasteiger partial charge in [0.1, 0.15) is 5.82 Å². The lowest BCUT2D eigenvalue weighted by atomic mass is 10.1. The largest absolute Gasteiger partial charge is 0.353 e. The Morgan fingerprint density at radius 3 is 2.60 bits per heavy atom. The Morgan fingerprint density at radius 2 is 1.96 bits per heavy atom. The minimum Gasteiger partial charge on any atom is -0.353 e. The van der Waals surface area contributed by atoms with Gasteiger partial charge in [-0.2, -0.15) is 0 Å². The van der Waals surface area contributed by atoms with Gasteiger partial charge in [0.2, 0.25) is 5.91 Å². The molecule has 0 saturated carbocycles. The third-order valence-corrected chi connectivity index (χ3v) is 5.46. The van der Waals surface area contributed by atoms with Crippen molar-refractivity contribution in [1.29, 1.82) is 0 Å². The molecule has 0 fully saturated rings. The second-order valence-electron chi connectivity index (χ2n) is 5.97. The number of halogens is 2. The van der Waals surface area contributed by atoms with Crippen molar-refractivity contribution in [2.24, 2.45) is 0 Å². The van der Waals surface area contributed by atoms with Gasteiger partial charge >= 0.3 is 0 Å². The van der Waals surface area contributed by atoms with Crippen molar-refractivity contribution in [3.8, 4) is 0 Å². The van der Waals surface area contributed by atoms with E-state index in [0.29, 0.717) is 11.6 Å². The number of rotatable bonds is 7. The van der Waals surface area contributed by atoms with Crippen molar-refractivity contribution in [3.05, 3.63) is 64.9 Å². The number of amides is 1. The topological polar surface area (TPSA) is 32.3 Å². The number of nitrogens with one attached hydrogen (secondary N) is 1. The van der Waals surface area contributed by atoms with Gasteiger partial charge in [0, 0.05) is 11.4 Å². The fourth-order valence-electron chi connectivity index (χ4n) is 2.44. The molecule has 0 radical (unpaired) electrons. The van der Waals surface area contributed by atoms with Crippen LogP contribution in [0.2, 0.25) is 5.02 Å². The molecule has 2 rings (SSSR count). The monoisotopic (exact) mass is 380 g/mol. The Hall–Kier alpha value is -1.56. The van der Waals surface area contributed by atoms with Gasteiger partial charge in [-0.25, -0.2) is 4.39 Å². The Bertz CT molecular complexity index is 726. The predicted molar refractivity (Wildman–Crippen MR) is 103 cm³/mol. The minimum atomic E-state index is -0.282. The zero-order chi connectivity index (χ0) is 18.4. The lowest BCUT2D eigenvalue weighted by Gasteiger charge is -2.26. The van der Waals surface area contributed by atoms with Crippen LogP contribution in [-0.2, 0) is 4.79 Å². The van der Waals surface area contributed by atoms with Crippen molar-refractivity contribution in [1.82, 2.24) is 10.2 Å². The lowest BCUT2D eigenvalue weighted by molar-refractivity contribution is -0.120. The highest BCUT2D eigenvalue weighted by Crippen LogP contribution is 2.30. The second kappa shape index (κ2) is 9.22. The van der Waals surface area contributed by atoms with Crippen LogP contribution in [0.15, 0.2) is 53.4 Å². The summed E-state index contributed by atoms with van der Waals surface area (Å²) in [4.78, 5) is 15.3. The van der Waals surface area contributed by atoms with Gasteiger partial charge in [-0.3, -0.25) is 4.79 Å². The number of carbonyl (C=O) groups is 1. The van der Waals surface area contributed by atoms with Crippen LogP contribution in [0, 0.1) is 5.82 Å². The summed E-state index contributed by atoms with van der Waals surface area (Å²) in [6.07, 6.45) is 0. The maximum absolute atomic E-state index is 13.5. The average Bonchev–Trinajstić information content (AvgIpc) is 2.56. The summed E-state index contributed by atoms with van der Waals surface area (Å²) in [6.45, 7) is 2.25. The fourth-order valence-corrected chi connectivity index (χ4v) is 3.62. The zero-order valence-electron chi connectivity index (χ0n) is 14.5. The smallest absolute Gasteiger partial charge is 0.233 e. The summed E-state index contributed by atoms with van der Waals surface area (Å²) in [5.41, 5.74) is 0.830. The molecule has 0 aliphatic rings. The molecule has 0 aliphatic carbocycles. The Kier molecular flexibility index (Phi) is 7.29. The van der Waals surface area contributed by atoms with Gasteiger partial charge in [0.15, 0.2) is 0 Å². The molecule has 1 amide bonds. The molecular formula is C19H22ClFN2OS. The predicted octanol–water partition coefficient (Wildman–Crippen LogP) is 4.38. The molecule has 25 heavy (non-hydrogen) atoms. The third-order valence-electron chi connectivity index (χ3n) is 3.84. The summed E-state index contributed by atoms with van der Waals surface area (Å²) in [7, 11) is 3.81. The van der Waals surface area contributed by atoms with Crippen LogP contribution in [0.5, 0.6) is 0 Å². The van der Waals surface area contributed by atoms with E-state index < -0.39 is 0 Å². The van der Waals surface area contributed by atoms with Gasteiger partial charge in [-0.05, 0) is 50.8 Å². The van der Waals surface area contributed by atoms with Crippen molar-refractivity contribution in [3.63, 3.8) is 0 Å². The molecule has 6 heteroatoms. The molecule has 2 unspecified atom stereocenters. The molecule has 0 aromatic heterocycles. The molecule has 2 aromatic rings. The van der Waals surface area contributed by atoms with E-state index in [4.69, 9.17) is 11.6 Å². The molecule has 0 saturated heterocycles. The third kappa shape index (κ3) is 5.73. The number of hydrogen-bond acceptors (Lipinski definition) is 3. The summed E-state index contributed by atoms with van der Waals surface area (Å²) < 4.78 is 13.5. The second-order valence-corrected chi connectivity index (χ2v) is 7.76. The van der Waals surface area contributed by atoms with E-state index in [1.54, 1.807) is 12.1 Å². The molecule has 2 aromatic carbocycles. The fraction of sp³-hybridized carbons (Fsp3) is 0.316. The molecule has 0 spiro atoms. The van der Waals surface area contributed by atoms with E-state index in [-0.39, 0.29) is 23.0 Å². The van der Waals surface area contributed by atoms with Crippen LogP contribution in [0.25, 0.3) is 0 Å². The first kappa shape index (κ1) is 19.8. The average molecular weight is 381 g/mol. The van der Waals surface area contributed by atoms with Gasteiger partial charge in [0.25, 0.3) is 0 Å². The van der Waals surface area contributed by atoms with Gasteiger partial charge in [-0.15, -0.1) is 11.8 Å². The summed E-state index contributed by atoms with van der Waals surface area (Å²) in [5.74, 6) is -0.355. The van der Waals surface area contributed by atoms with Crippen LogP contribution in [-0.4, -0.2) is 36.7 Å². The van der Waals surface area contributed by atoms with Crippen LogP contribution in [0.4, 0.5) is 4.39 Å². The number of hydrogen-bond donors (Lipinski definition) is 1. The molecule has 0 bridgehead atoms. The van der Waals surface area contributed by atoms with Crippen LogP contribution in [0.1, 0.15) is 18.5 Å². The van der Waals surface area contributed by atoms with E-state index in [0.717, 1.165) is 10.5 Å². The van der Waals surface area contributed by atoms with E-state index in [1.165, 1.54) is 23.9 Å². The molecular weight excluding hydrogens is 359 g/mol. The van der Waals surface area contributed by atoms with Gasteiger partial charge < -0.3 is 10.2 Å². The first-order valence-corrected chi connectivity index (χ1v) is 9.25. The van der Waals surface area contributed by atoms with E-state index in [2.05, 4.69) is 5.32 Å². The number of thioether (sulfide) groups is 1. The van der Waals surface area contributed by atoms with Crippen molar-refractivity contribution >= 4 is 29.3 Å². The van der Waals surface area contributed by atoms with Crippen molar-refractivity contribution < 1.29 is 9.18 Å². The van der Waals surface area contributed by atoms with Crippen molar-refractivity contribution in [2.45, 2.75) is 23.1 Å². The summed E-state index contributed by atoms with van der Waals surface area (Å²) in [5, 5.41) is 3.31. The maximum Gasteiger partial charge on any atom is 0.233 e. The highest BCUT2D eigenvalue weighted by atomic mass is 35.5. The highest BCUT2D eigenvalue weighted by molar-refractivity contribution is 8.00. The molecule has 0 heterocycles. The summed E-state index contributed by atoms with van der Waals surface area (Å²) in [6, 6.07) is 13.8. The first-order valence-electron chi connectivity index (χ1n) is 7.99. The van der Waals surface area contributed by atoms with Crippen LogP contribution in [0.3, 0.4) is 0 Å². The van der Waals surface area contributed by atoms with Crippen LogP contribution < -0.4 is 5.32 Å². The number of benzene rings is 2. The lowest BCUT2D eigenvalue weighted by Crippen LogP contribution is -2.38. The summed E-state index contributed by atoms with van der Waals surface area (Å²) >= 11 is 7.56. The SMILES string of the molecule is CC(Sc1ccccc1Cl)C(=O)NCC(c1cccc(F)c1)N(C)C. The Labute approximate surface area is 157 Å². The molecule has 134 valence electrons. The van der Waals surface area contributed by atoms with Crippen LogP contribution >= 0.6 is 23.4 Å². The normalized spacial score (nSPS) is 13.5. The maximum atomic E-state index is 13.5. The Balaban J connectivity index is 1.98. The Morgan fingerprint density at radius 1 is 1.24 bits per heavy atom. The quantitative estimate of drug-likeness (QED) is 0.723.